The number of nitrogens with one attached hydrogen (secondary N) is 1. The van der Waals surface area contributed by atoms with Crippen molar-refractivity contribution in [1.82, 2.24) is 5.32 Å². The standard InChI is InChI=1S/C15H31NS/c1-4-9-16-15(6-5-13(2)3)12-14-7-10-17-11-8-14/h13-16H,4-12H2,1-3H3. The third-order valence-electron chi connectivity index (χ3n) is 3.73. The molecule has 1 aliphatic rings. The minimum absolute atomic E-state index is 0.783. The third kappa shape index (κ3) is 7.35. The highest BCUT2D eigenvalue weighted by molar-refractivity contribution is 7.99. The summed E-state index contributed by atoms with van der Waals surface area (Å²) >= 11 is 2.14. The molecule has 1 heterocycles. The molecule has 1 saturated heterocycles. The lowest BCUT2D eigenvalue weighted by atomic mass is 9.90. The fourth-order valence-electron chi connectivity index (χ4n) is 2.57. The zero-order valence-electron chi connectivity index (χ0n) is 12.0. The Labute approximate surface area is 113 Å². The van der Waals surface area contributed by atoms with Gasteiger partial charge in [-0.15, -0.1) is 0 Å². The maximum Gasteiger partial charge on any atom is 0.00698 e. The first-order valence-corrected chi connectivity index (χ1v) is 8.69. The normalized spacial score (nSPS) is 19.8. The SMILES string of the molecule is CCCNC(CCC(C)C)CC1CCSCC1. The molecule has 1 nitrogen and oxygen atoms in total. The highest BCUT2D eigenvalue weighted by Gasteiger charge is 2.18. The fraction of sp³-hybridized carbons (Fsp3) is 1.00. The van der Waals surface area contributed by atoms with E-state index in [9.17, 15) is 0 Å². The van der Waals surface area contributed by atoms with Crippen molar-refractivity contribution < 1.29 is 0 Å². The van der Waals surface area contributed by atoms with Crippen molar-refractivity contribution in [3.8, 4) is 0 Å². The summed E-state index contributed by atoms with van der Waals surface area (Å²) in [5, 5.41) is 3.77. The van der Waals surface area contributed by atoms with E-state index < -0.39 is 0 Å². The number of thioether (sulfide) groups is 1. The van der Waals surface area contributed by atoms with Gasteiger partial charge in [-0.3, -0.25) is 0 Å². The number of hydrogen-bond donors (Lipinski definition) is 1. The molecular weight excluding hydrogens is 226 g/mol. The van der Waals surface area contributed by atoms with Gasteiger partial charge in [0.1, 0.15) is 0 Å². The lowest BCUT2D eigenvalue weighted by molar-refractivity contribution is 0.334. The van der Waals surface area contributed by atoms with E-state index in [2.05, 4.69) is 37.8 Å². The van der Waals surface area contributed by atoms with Crippen molar-refractivity contribution in [2.75, 3.05) is 18.1 Å². The molecule has 0 bridgehead atoms. The van der Waals surface area contributed by atoms with E-state index in [1.807, 2.05) is 0 Å². The van der Waals surface area contributed by atoms with E-state index >= 15 is 0 Å². The van der Waals surface area contributed by atoms with E-state index in [-0.39, 0.29) is 0 Å². The predicted octanol–water partition coefficient (Wildman–Crippen LogP) is 4.32. The van der Waals surface area contributed by atoms with Crippen LogP contribution in [-0.4, -0.2) is 24.1 Å². The van der Waals surface area contributed by atoms with Gasteiger partial charge in [-0.2, -0.15) is 11.8 Å². The minimum atomic E-state index is 0.783. The van der Waals surface area contributed by atoms with Crippen molar-refractivity contribution in [2.24, 2.45) is 11.8 Å². The summed E-state index contributed by atoms with van der Waals surface area (Å²) < 4.78 is 0. The molecule has 17 heavy (non-hydrogen) atoms. The molecule has 1 fully saturated rings. The topological polar surface area (TPSA) is 12.0 Å². The number of hydrogen-bond acceptors (Lipinski definition) is 2. The zero-order chi connectivity index (χ0) is 12.5. The molecule has 1 rings (SSSR count). The van der Waals surface area contributed by atoms with Crippen molar-refractivity contribution in [1.29, 1.82) is 0 Å². The largest absolute Gasteiger partial charge is 0.314 e. The van der Waals surface area contributed by atoms with Crippen LogP contribution in [0.5, 0.6) is 0 Å². The van der Waals surface area contributed by atoms with Crippen LogP contribution in [0.4, 0.5) is 0 Å². The maximum absolute atomic E-state index is 3.77. The first-order chi connectivity index (χ1) is 8.22. The summed E-state index contributed by atoms with van der Waals surface area (Å²) in [5.74, 6) is 4.64. The van der Waals surface area contributed by atoms with Crippen LogP contribution in [-0.2, 0) is 0 Å². The van der Waals surface area contributed by atoms with Gasteiger partial charge in [0.05, 0.1) is 0 Å². The second-order valence-electron chi connectivity index (χ2n) is 5.91. The van der Waals surface area contributed by atoms with E-state index in [4.69, 9.17) is 0 Å². The monoisotopic (exact) mass is 257 g/mol. The van der Waals surface area contributed by atoms with E-state index in [1.165, 1.54) is 56.6 Å². The number of rotatable bonds is 8. The lowest BCUT2D eigenvalue weighted by Crippen LogP contribution is -2.33. The second-order valence-corrected chi connectivity index (χ2v) is 7.14. The molecule has 2 heteroatoms. The van der Waals surface area contributed by atoms with Crippen LogP contribution in [0.3, 0.4) is 0 Å². The molecule has 102 valence electrons. The van der Waals surface area contributed by atoms with Crippen LogP contribution < -0.4 is 5.32 Å². The Balaban J connectivity index is 2.27. The molecule has 0 saturated carbocycles. The zero-order valence-corrected chi connectivity index (χ0v) is 12.8. The molecule has 0 aromatic heterocycles. The summed E-state index contributed by atoms with van der Waals surface area (Å²) in [6, 6.07) is 0.783. The lowest BCUT2D eigenvalue weighted by Gasteiger charge is -2.27. The Kier molecular flexibility index (Phi) is 8.38. The van der Waals surface area contributed by atoms with Crippen molar-refractivity contribution in [3.05, 3.63) is 0 Å². The Hall–Kier alpha value is 0.310. The Bertz CT molecular complexity index is 176. The summed E-state index contributed by atoms with van der Waals surface area (Å²) in [4.78, 5) is 0. The van der Waals surface area contributed by atoms with Crippen LogP contribution in [0.1, 0.15) is 59.3 Å². The summed E-state index contributed by atoms with van der Waals surface area (Å²) in [6.07, 6.45) is 8.35. The Morgan fingerprint density at radius 1 is 1.18 bits per heavy atom. The smallest absolute Gasteiger partial charge is 0.00698 e. The minimum Gasteiger partial charge on any atom is -0.314 e. The van der Waals surface area contributed by atoms with Crippen LogP contribution in [0.2, 0.25) is 0 Å². The molecule has 1 unspecified atom stereocenters. The van der Waals surface area contributed by atoms with Crippen LogP contribution in [0, 0.1) is 11.8 Å². The molecule has 0 aromatic carbocycles. The molecule has 0 aromatic rings. The predicted molar refractivity (Wildman–Crippen MR) is 80.8 cm³/mol. The third-order valence-corrected chi connectivity index (χ3v) is 4.78. The molecule has 1 N–H and O–H groups in total. The molecular formula is C15H31NS. The van der Waals surface area contributed by atoms with Gasteiger partial charge in [0.15, 0.2) is 0 Å². The van der Waals surface area contributed by atoms with Crippen molar-refractivity contribution in [3.63, 3.8) is 0 Å². The van der Waals surface area contributed by atoms with Crippen molar-refractivity contribution >= 4 is 11.8 Å². The summed E-state index contributed by atoms with van der Waals surface area (Å²) in [6.45, 7) is 8.15. The van der Waals surface area contributed by atoms with Gasteiger partial charge in [-0.05, 0) is 68.4 Å². The highest BCUT2D eigenvalue weighted by atomic mass is 32.2. The molecule has 1 atom stereocenters. The quantitative estimate of drug-likeness (QED) is 0.695. The van der Waals surface area contributed by atoms with Crippen molar-refractivity contribution in [2.45, 2.75) is 65.3 Å². The first kappa shape index (κ1) is 15.4. The molecule has 0 aliphatic carbocycles. The van der Waals surface area contributed by atoms with Crippen LogP contribution in [0.25, 0.3) is 0 Å². The average molecular weight is 257 g/mol. The Morgan fingerprint density at radius 3 is 2.47 bits per heavy atom. The maximum atomic E-state index is 3.77. The molecule has 1 aliphatic heterocycles. The van der Waals surface area contributed by atoms with Gasteiger partial charge >= 0.3 is 0 Å². The average Bonchev–Trinajstić information content (AvgIpc) is 2.34. The second kappa shape index (κ2) is 9.27. The van der Waals surface area contributed by atoms with Crippen LogP contribution >= 0.6 is 11.8 Å². The van der Waals surface area contributed by atoms with E-state index in [1.54, 1.807) is 0 Å². The summed E-state index contributed by atoms with van der Waals surface area (Å²) in [5.41, 5.74) is 0. The van der Waals surface area contributed by atoms with Gasteiger partial charge in [-0.1, -0.05) is 20.8 Å². The van der Waals surface area contributed by atoms with Gasteiger partial charge in [-0.25, -0.2) is 0 Å². The van der Waals surface area contributed by atoms with Crippen LogP contribution in [0.15, 0.2) is 0 Å². The van der Waals surface area contributed by atoms with Gasteiger partial charge in [0.25, 0.3) is 0 Å². The molecule has 0 spiro atoms. The van der Waals surface area contributed by atoms with E-state index in [0.717, 1.165) is 17.9 Å². The highest BCUT2D eigenvalue weighted by Crippen LogP contribution is 2.27. The first-order valence-electron chi connectivity index (χ1n) is 7.53. The molecule has 0 radical (unpaired) electrons. The van der Waals surface area contributed by atoms with Gasteiger partial charge in [0, 0.05) is 6.04 Å². The van der Waals surface area contributed by atoms with E-state index in [0.29, 0.717) is 0 Å². The Morgan fingerprint density at radius 2 is 1.88 bits per heavy atom. The van der Waals surface area contributed by atoms with Gasteiger partial charge in [0.2, 0.25) is 0 Å². The summed E-state index contributed by atoms with van der Waals surface area (Å²) in [7, 11) is 0. The molecule has 0 amide bonds. The van der Waals surface area contributed by atoms with Gasteiger partial charge < -0.3 is 5.32 Å². The fourth-order valence-corrected chi connectivity index (χ4v) is 3.77.